The molecule has 0 radical (unpaired) electrons. The molecule has 0 bridgehead atoms. The molecule has 2 rings (SSSR count). The zero-order chi connectivity index (χ0) is 18.2. The van der Waals surface area contributed by atoms with Gasteiger partial charge in [0, 0.05) is 19.7 Å². The van der Waals surface area contributed by atoms with Gasteiger partial charge in [0.2, 0.25) is 0 Å². The molecule has 1 saturated heterocycles. The fourth-order valence-electron chi connectivity index (χ4n) is 3.20. The zero-order valence-corrected chi connectivity index (χ0v) is 14.3. The van der Waals surface area contributed by atoms with E-state index in [1.54, 1.807) is 4.90 Å². The van der Waals surface area contributed by atoms with Crippen LogP contribution < -0.4 is 0 Å². The summed E-state index contributed by atoms with van der Waals surface area (Å²) >= 11 is 0. The largest absolute Gasteiger partial charge is 0.481 e. The Labute approximate surface area is 147 Å². The van der Waals surface area contributed by atoms with Crippen molar-refractivity contribution in [3.05, 3.63) is 35.9 Å². The van der Waals surface area contributed by atoms with Crippen molar-refractivity contribution in [3.63, 3.8) is 0 Å². The van der Waals surface area contributed by atoms with Crippen LogP contribution in [0.4, 0.5) is 0 Å². The maximum atomic E-state index is 11.7. The molecule has 1 aromatic carbocycles. The number of hydrogen-bond donors (Lipinski definition) is 2. The number of piperidine rings is 1. The predicted molar refractivity (Wildman–Crippen MR) is 90.3 cm³/mol. The highest BCUT2D eigenvalue weighted by molar-refractivity contribution is 5.83. The van der Waals surface area contributed by atoms with Crippen LogP contribution in [0.5, 0.6) is 0 Å². The Morgan fingerprint density at radius 2 is 1.88 bits per heavy atom. The first kappa shape index (κ1) is 19.4. The van der Waals surface area contributed by atoms with Gasteiger partial charge in [0.05, 0.1) is 25.2 Å². The third kappa shape index (κ3) is 5.52. The highest BCUT2D eigenvalue weighted by atomic mass is 16.5. The van der Waals surface area contributed by atoms with Crippen molar-refractivity contribution in [2.75, 3.05) is 26.4 Å². The Bertz CT molecular complexity index is 564. The quantitative estimate of drug-likeness (QED) is 0.650. The summed E-state index contributed by atoms with van der Waals surface area (Å²) in [5.41, 5.74) is 0.938. The number of ether oxygens (including phenoxy) is 2. The second kappa shape index (κ2) is 9.50. The molecule has 1 aromatic rings. The molecular weight excluding hydrogens is 326 g/mol. The van der Waals surface area contributed by atoms with E-state index in [0.717, 1.165) is 5.56 Å². The number of nitrogens with zero attached hydrogens (tertiary/aromatic N) is 1. The number of aliphatic carboxylic acids is 2. The number of benzene rings is 1. The van der Waals surface area contributed by atoms with Gasteiger partial charge in [-0.2, -0.15) is 0 Å². The molecule has 1 aliphatic rings. The molecule has 0 aromatic heterocycles. The highest BCUT2D eigenvalue weighted by Gasteiger charge is 2.44. The Morgan fingerprint density at radius 1 is 1.16 bits per heavy atom. The lowest BCUT2D eigenvalue weighted by Crippen LogP contribution is -2.56. The maximum Gasteiger partial charge on any atom is 0.321 e. The van der Waals surface area contributed by atoms with E-state index < -0.39 is 23.9 Å². The lowest BCUT2D eigenvalue weighted by Gasteiger charge is -2.40. The lowest BCUT2D eigenvalue weighted by atomic mass is 9.87. The summed E-state index contributed by atoms with van der Waals surface area (Å²) in [7, 11) is 0. The minimum absolute atomic E-state index is 0.184. The van der Waals surface area contributed by atoms with E-state index in [0.29, 0.717) is 32.9 Å². The Balaban J connectivity index is 2.12. The van der Waals surface area contributed by atoms with Crippen LogP contribution in [-0.2, 0) is 25.6 Å². The monoisotopic (exact) mass is 351 g/mol. The first-order chi connectivity index (χ1) is 12.0. The molecule has 25 heavy (non-hydrogen) atoms. The highest BCUT2D eigenvalue weighted by Crippen LogP contribution is 2.28. The second-order valence-corrected chi connectivity index (χ2v) is 6.07. The van der Waals surface area contributed by atoms with Crippen LogP contribution in [0.15, 0.2) is 30.3 Å². The number of carboxylic acid groups (broad SMARTS) is 2. The zero-order valence-electron chi connectivity index (χ0n) is 14.3. The van der Waals surface area contributed by atoms with Crippen molar-refractivity contribution in [1.29, 1.82) is 0 Å². The van der Waals surface area contributed by atoms with Crippen LogP contribution in [-0.4, -0.2) is 65.6 Å². The molecule has 0 spiro atoms. The molecule has 0 aliphatic carbocycles. The van der Waals surface area contributed by atoms with Crippen molar-refractivity contribution in [2.24, 2.45) is 5.92 Å². The smallest absolute Gasteiger partial charge is 0.321 e. The minimum atomic E-state index is -1.11. The Morgan fingerprint density at radius 3 is 2.48 bits per heavy atom. The molecule has 3 unspecified atom stereocenters. The van der Waals surface area contributed by atoms with Gasteiger partial charge < -0.3 is 19.7 Å². The number of carbonyl (C=O) groups is 2. The van der Waals surface area contributed by atoms with E-state index in [4.69, 9.17) is 9.47 Å². The van der Waals surface area contributed by atoms with E-state index in [2.05, 4.69) is 0 Å². The third-order valence-electron chi connectivity index (χ3n) is 4.31. The van der Waals surface area contributed by atoms with E-state index in [9.17, 15) is 19.8 Å². The van der Waals surface area contributed by atoms with E-state index in [-0.39, 0.29) is 12.5 Å². The summed E-state index contributed by atoms with van der Waals surface area (Å²) < 4.78 is 11.0. The van der Waals surface area contributed by atoms with E-state index >= 15 is 0 Å². The number of rotatable bonds is 9. The van der Waals surface area contributed by atoms with Gasteiger partial charge >= 0.3 is 11.9 Å². The van der Waals surface area contributed by atoms with Gasteiger partial charge in [-0.25, -0.2) is 0 Å². The van der Waals surface area contributed by atoms with Crippen molar-refractivity contribution in [3.8, 4) is 0 Å². The van der Waals surface area contributed by atoms with Crippen LogP contribution in [0.1, 0.15) is 18.9 Å². The molecule has 0 amide bonds. The second-order valence-electron chi connectivity index (χ2n) is 6.07. The van der Waals surface area contributed by atoms with Gasteiger partial charge in [0.25, 0.3) is 0 Å². The van der Waals surface area contributed by atoms with Gasteiger partial charge in [0.15, 0.2) is 0 Å². The molecule has 138 valence electrons. The summed E-state index contributed by atoms with van der Waals surface area (Å²) in [5.74, 6) is -3.23. The molecule has 7 nitrogen and oxygen atoms in total. The molecule has 0 saturated carbocycles. The first-order valence-corrected chi connectivity index (χ1v) is 8.45. The summed E-state index contributed by atoms with van der Waals surface area (Å²) in [6.45, 7) is 4.02. The fraction of sp³-hybridized carbons (Fsp3) is 0.556. The molecular formula is C18H25NO6. The number of likely N-dealkylation sites (tertiary alicyclic amines) is 1. The normalized spacial score (nSPS) is 24.1. The standard InChI is InChI=1S/C18H25NO6/c1-2-24-8-9-25-14-10-15(17(20)21)16(18(22)23)19(12-14)11-13-6-4-3-5-7-13/h3-7,14-16H,2,8-12H2,1H3,(H,20,21)(H,22,23). The topological polar surface area (TPSA) is 96.3 Å². The number of carboxylic acids is 2. The van der Waals surface area contributed by atoms with Crippen molar-refractivity contribution in [2.45, 2.75) is 32.0 Å². The van der Waals surface area contributed by atoms with Gasteiger partial charge in [-0.1, -0.05) is 30.3 Å². The minimum Gasteiger partial charge on any atom is -0.481 e. The Hall–Kier alpha value is -1.96. The van der Waals surface area contributed by atoms with E-state index in [1.807, 2.05) is 37.3 Å². The van der Waals surface area contributed by atoms with Crippen LogP contribution in [0.25, 0.3) is 0 Å². The van der Waals surface area contributed by atoms with Crippen LogP contribution in [0.2, 0.25) is 0 Å². The lowest BCUT2D eigenvalue weighted by molar-refractivity contribution is -0.164. The van der Waals surface area contributed by atoms with E-state index in [1.165, 1.54) is 0 Å². The van der Waals surface area contributed by atoms with Gasteiger partial charge in [-0.15, -0.1) is 0 Å². The van der Waals surface area contributed by atoms with Crippen molar-refractivity contribution >= 4 is 11.9 Å². The summed E-state index contributed by atoms with van der Waals surface area (Å²) in [5, 5.41) is 19.1. The van der Waals surface area contributed by atoms with Crippen molar-refractivity contribution < 1.29 is 29.3 Å². The molecule has 1 fully saturated rings. The summed E-state index contributed by atoms with van der Waals surface area (Å²) in [4.78, 5) is 25.0. The fourth-order valence-corrected chi connectivity index (χ4v) is 3.20. The van der Waals surface area contributed by atoms with Gasteiger partial charge in [0.1, 0.15) is 6.04 Å². The van der Waals surface area contributed by atoms with Crippen LogP contribution >= 0.6 is 0 Å². The van der Waals surface area contributed by atoms with Crippen molar-refractivity contribution in [1.82, 2.24) is 4.90 Å². The molecule has 1 aliphatic heterocycles. The average Bonchev–Trinajstić information content (AvgIpc) is 2.59. The summed E-state index contributed by atoms with van der Waals surface area (Å²) in [6.07, 6.45) is -0.148. The molecule has 2 N–H and O–H groups in total. The van der Waals surface area contributed by atoms with Gasteiger partial charge in [-0.3, -0.25) is 14.5 Å². The van der Waals surface area contributed by atoms with Gasteiger partial charge in [-0.05, 0) is 18.9 Å². The SMILES string of the molecule is CCOCCOC1CC(C(=O)O)C(C(=O)O)N(Cc2ccccc2)C1. The summed E-state index contributed by atoms with van der Waals surface area (Å²) in [6, 6.07) is 8.36. The first-order valence-electron chi connectivity index (χ1n) is 8.45. The average molecular weight is 351 g/mol. The Kier molecular flexibility index (Phi) is 7.36. The van der Waals surface area contributed by atoms with Crippen LogP contribution in [0, 0.1) is 5.92 Å². The molecule has 3 atom stereocenters. The maximum absolute atomic E-state index is 11.7. The molecule has 1 heterocycles. The third-order valence-corrected chi connectivity index (χ3v) is 4.31. The number of hydrogen-bond acceptors (Lipinski definition) is 5. The predicted octanol–water partition coefficient (Wildman–Crippen LogP) is 1.47. The van der Waals surface area contributed by atoms with Crippen LogP contribution in [0.3, 0.4) is 0 Å². The molecule has 7 heteroatoms.